The van der Waals surface area contributed by atoms with Crippen molar-refractivity contribution in [2.75, 3.05) is 6.61 Å². The molecule has 15 nitrogen and oxygen atoms in total. The molecular formula is C26H28O15. The highest BCUT2D eigenvalue weighted by atomic mass is 16.8. The second kappa shape index (κ2) is 11.0. The zero-order valence-electron chi connectivity index (χ0n) is 21.3. The normalized spacial score (nSPS) is 32.2. The molecule has 0 bridgehead atoms. The van der Waals surface area contributed by atoms with Crippen molar-refractivity contribution in [1.29, 1.82) is 0 Å². The summed E-state index contributed by atoms with van der Waals surface area (Å²) in [5.41, 5.74) is -1.24. The molecule has 0 spiro atoms. The third kappa shape index (κ3) is 5.25. The first-order valence-electron chi connectivity index (χ1n) is 12.4. The van der Waals surface area contributed by atoms with Gasteiger partial charge in [0.25, 0.3) is 0 Å². The van der Waals surface area contributed by atoms with Gasteiger partial charge in [-0.3, -0.25) is 4.79 Å². The van der Waals surface area contributed by atoms with Crippen molar-refractivity contribution in [3.8, 4) is 40.1 Å². The van der Waals surface area contributed by atoms with E-state index in [2.05, 4.69) is 0 Å². The molecule has 9 N–H and O–H groups in total. The topological polar surface area (TPSA) is 249 Å². The maximum atomic E-state index is 13.7. The molecule has 2 saturated heterocycles. The summed E-state index contributed by atoms with van der Waals surface area (Å²) in [4.78, 5) is 13.7. The van der Waals surface area contributed by atoms with E-state index in [1.807, 2.05) is 0 Å². The van der Waals surface area contributed by atoms with E-state index in [0.717, 1.165) is 24.3 Å². The molecule has 0 unspecified atom stereocenters. The van der Waals surface area contributed by atoms with Gasteiger partial charge in [-0.1, -0.05) is 0 Å². The summed E-state index contributed by atoms with van der Waals surface area (Å²) in [5, 5.41) is 91.1. The summed E-state index contributed by atoms with van der Waals surface area (Å²) in [5.74, 6) is -3.14. The lowest BCUT2D eigenvalue weighted by molar-refractivity contribution is -0.341. The third-order valence-corrected chi connectivity index (χ3v) is 6.92. The highest BCUT2D eigenvalue weighted by molar-refractivity contribution is 5.88. The van der Waals surface area contributed by atoms with E-state index in [4.69, 9.17) is 23.4 Å². The SMILES string of the molecule is C[C@@H]1O[C@H](Oc2c(-c3ccc(O)c(O)c3)oc3cc(O)cc(O)c3c2=O)[C@H](O[C@H]2OC[C@H](O)[C@@H](O)[C@@H]2O)[C@H](O)[C@H]1O. The molecule has 2 aliphatic heterocycles. The van der Waals surface area contributed by atoms with Gasteiger partial charge in [0.15, 0.2) is 29.7 Å². The van der Waals surface area contributed by atoms with E-state index in [-0.39, 0.29) is 16.9 Å². The van der Waals surface area contributed by atoms with Crippen LogP contribution < -0.4 is 10.2 Å². The highest BCUT2D eigenvalue weighted by Gasteiger charge is 2.49. The Bertz CT molecular complexity index is 1490. The minimum atomic E-state index is -1.78. The molecule has 41 heavy (non-hydrogen) atoms. The second-order valence-electron chi connectivity index (χ2n) is 9.79. The van der Waals surface area contributed by atoms with Gasteiger partial charge in [-0.05, 0) is 25.1 Å². The summed E-state index contributed by atoms with van der Waals surface area (Å²) < 4.78 is 28.2. The summed E-state index contributed by atoms with van der Waals surface area (Å²) in [7, 11) is 0. The van der Waals surface area contributed by atoms with Crippen LogP contribution in [-0.4, -0.2) is 108 Å². The molecule has 3 heterocycles. The number of ether oxygens (including phenoxy) is 4. The smallest absolute Gasteiger partial charge is 0.239 e. The fourth-order valence-electron chi connectivity index (χ4n) is 4.64. The Labute approximate surface area is 230 Å². The number of aliphatic hydroxyl groups is 5. The number of hydrogen-bond donors (Lipinski definition) is 9. The van der Waals surface area contributed by atoms with Crippen molar-refractivity contribution in [2.45, 2.75) is 62.2 Å². The molecule has 0 saturated carbocycles. The van der Waals surface area contributed by atoms with Crippen molar-refractivity contribution in [1.82, 2.24) is 0 Å². The number of benzene rings is 2. The number of hydrogen-bond acceptors (Lipinski definition) is 15. The number of aromatic hydroxyl groups is 4. The third-order valence-electron chi connectivity index (χ3n) is 6.92. The average Bonchev–Trinajstić information content (AvgIpc) is 2.92. The van der Waals surface area contributed by atoms with Gasteiger partial charge in [-0.2, -0.15) is 0 Å². The predicted molar refractivity (Wildman–Crippen MR) is 134 cm³/mol. The number of phenolic OH excluding ortho intramolecular Hbond substituents is 4. The van der Waals surface area contributed by atoms with E-state index in [9.17, 15) is 50.8 Å². The van der Waals surface area contributed by atoms with Gasteiger partial charge < -0.3 is 69.3 Å². The molecule has 1 aromatic heterocycles. The van der Waals surface area contributed by atoms with Gasteiger partial charge >= 0.3 is 0 Å². The van der Waals surface area contributed by atoms with Gasteiger partial charge in [0.1, 0.15) is 53.0 Å². The van der Waals surface area contributed by atoms with Crippen LogP contribution in [0.1, 0.15) is 6.92 Å². The molecule has 5 rings (SSSR count). The summed E-state index contributed by atoms with van der Waals surface area (Å²) >= 11 is 0. The molecule has 9 atom stereocenters. The average molecular weight is 580 g/mol. The summed E-state index contributed by atoms with van der Waals surface area (Å²) in [6.45, 7) is 0.953. The maximum Gasteiger partial charge on any atom is 0.239 e. The largest absolute Gasteiger partial charge is 0.508 e. The molecule has 15 heteroatoms. The van der Waals surface area contributed by atoms with Crippen LogP contribution in [0.15, 0.2) is 39.5 Å². The van der Waals surface area contributed by atoms with Crippen molar-refractivity contribution in [2.24, 2.45) is 0 Å². The lowest BCUT2D eigenvalue weighted by Gasteiger charge is -2.44. The van der Waals surface area contributed by atoms with Crippen molar-refractivity contribution >= 4 is 11.0 Å². The lowest BCUT2D eigenvalue weighted by atomic mass is 9.99. The molecule has 3 aromatic rings. The Morgan fingerprint density at radius 3 is 2.27 bits per heavy atom. The van der Waals surface area contributed by atoms with Gasteiger partial charge in [0.05, 0.1) is 12.7 Å². The van der Waals surface area contributed by atoms with Crippen molar-refractivity contribution in [3.05, 3.63) is 40.6 Å². The molecule has 0 amide bonds. The van der Waals surface area contributed by atoms with E-state index in [1.165, 1.54) is 13.0 Å². The second-order valence-corrected chi connectivity index (χ2v) is 9.79. The minimum Gasteiger partial charge on any atom is -0.508 e. The van der Waals surface area contributed by atoms with Gasteiger partial charge in [-0.15, -0.1) is 0 Å². The molecule has 222 valence electrons. The van der Waals surface area contributed by atoms with Gasteiger partial charge in [0.2, 0.25) is 17.5 Å². The van der Waals surface area contributed by atoms with Crippen LogP contribution in [0.5, 0.6) is 28.7 Å². The van der Waals surface area contributed by atoms with Gasteiger partial charge in [0, 0.05) is 17.7 Å². The summed E-state index contributed by atoms with van der Waals surface area (Å²) in [6, 6.07) is 5.36. The number of fused-ring (bicyclic) bond motifs is 1. The van der Waals surface area contributed by atoms with Crippen molar-refractivity contribution in [3.63, 3.8) is 0 Å². The fraction of sp³-hybridized carbons (Fsp3) is 0.423. The van der Waals surface area contributed by atoms with E-state index >= 15 is 0 Å². The Balaban J connectivity index is 1.61. The van der Waals surface area contributed by atoms with Crippen LogP contribution in [0.4, 0.5) is 0 Å². The Kier molecular flexibility index (Phi) is 7.71. The predicted octanol–water partition coefficient (Wildman–Crippen LogP) is -1.05. The van der Waals surface area contributed by atoms with E-state index in [1.54, 1.807) is 0 Å². The molecule has 0 radical (unpaired) electrons. The standard InChI is InChI=1S/C26H28O15/c1-8-17(32)20(35)24(41-25-21(36)18(33)14(31)7-37-25)26(38-8)40-23-19(34)16-13(30)5-10(27)6-15(16)39-22(23)9-2-3-11(28)12(29)4-9/h2-6,8,14,17-18,20-21,24-33,35-36H,7H2,1H3/t8-,14-,17-,18+,20+,21-,24+,25+,26+/m0/s1. The Hall–Kier alpha value is -3.67. The monoisotopic (exact) mass is 580 g/mol. The maximum absolute atomic E-state index is 13.7. The highest BCUT2D eigenvalue weighted by Crippen LogP contribution is 2.39. The van der Waals surface area contributed by atoms with Crippen LogP contribution in [0.3, 0.4) is 0 Å². The van der Waals surface area contributed by atoms with Crippen LogP contribution in [0.2, 0.25) is 0 Å². The quantitative estimate of drug-likeness (QED) is 0.163. The molecule has 2 aliphatic rings. The lowest BCUT2D eigenvalue weighted by Crippen LogP contribution is -2.62. The molecule has 2 fully saturated rings. The van der Waals surface area contributed by atoms with Crippen LogP contribution >= 0.6 is 0 Å². The fourth-order valence-corrected chi connectivity index (χ4v) is 4.64. The summed E-state index contributed by atoms with van der Waals surface area (Å²) in [6.07, 6.45) is -14.3. The number of rotatable bonds is 5. The Morgan fingerprint density at radius 2 is 1.56 bits per heavy atom. The van der Waals surface area contributed by atoms with E-state index in [0.29, 0.717) is 0 Å². The minimum absolute atomic E-state index is 0.00203. The zero-order chi connectivity index (χ0) is 29.7. The Morgan fingerprint density at radius 1 is 0.829 bits per heavy atom. The number of phenols is 4. The van der Waals surface area contributed by atoms with Crippen LogP contribution in [0, 0.1) is 0 Å². The van der Waals surface area contributed by atoms with Crippen LogP contribution in [-0.2, 0) is 14.2 Å². The van der Waals surface area contributed by atoms with Crippen LogP contribution in [0.25, 0.3) is 22.3 Å². The van der Waals surface area contributed by atoms with Gasteiger partial charge in [-0.25, -0.2) is 0 Å². The molecule has 2 aromatic carbocycles. The first kappa shape index (κ1) is 28.8. The number of aliphatic hydroxyl groups excluding tert-OH is 5. The first-order chi connectivity index (χ1) is 19.4. The van der Waals surface area contributed by atoms with Crippen molar-refractivity contribution < 1.29 is 69.3 Å². The first-order valence-corrected chi connectivity index (χ1v) is 12.4. The zero-order valence-corrected chi connectivity index (χ0v) is 21.3. The molecule has 0 aliphatic carbocycles. The molecular weight excluding hydrogens is 552 g/mol. The van der Waals surface area contributed by atoms with E-state index < -0.39 is 101 Å².